The second-order valence-electron chi connectivity index (χ2n) is 8.70. The van der Waals surface area contributed by atoms with Crippen molar-refractivity contribution < 1.29 is 14.2 Å². The molecule has 7 nitrogen and oxygen atoms in total. The van der Waals surface area contributed by atoms with Gasteiger partial charge in [-0.2, -0.15) is 0 Å². The molecule has 2 heterocycles. The van der Waals surface area contributed by atoms with Gasteiger partial charge in [0.1, 0.15) is 0 Å². The molecule has 3 aromatic rings. The number of rotatable bonds is 11. The van der Waals surface area contributed by atoms with Crippen molar-refractivity contribution in [1.29, 1.82) is 0 Å². The Kier molecular flexibility index (Phi) is 6.83. The summed E-state index contributed by atoms with van der Waals surface area (Å²) in [6, 6.07) is 9.74. The topological polar surface area (TPSA) is 89.2 Å². The van der Waals surface area contributed by atoms with E-state index in [1.54, 1.807) is 12.1 Å². The summed E-state index contributed by atoms with van der Waals surface area (Å²) in [5, 5.41) is 11.6. The van der Waals surface area contributed by atoms with E-state index in [1.165, 1.54) is 22.9 Å². The van der Waals surface area contributed by atoms with E-state index in [-0.39, 0.29) is 5.75 Å². The number of H-pyrrole nitrogens is 1. The molecule has 0 aliphatic heterocycles. The van der Waals surface area contributed by atoms with E-state index in [1.807, 2.05) is 29.8 Å². The average molecular weight is 456 g/mol. The Labute approximate surface area is 191 Å². The third kappa shape index (κ3) is 5.27. The van der Waals surface area contributed by atoms with E-state index in [4.69, 9.17) is 4.74 Å². The van der Waals surface area contributed by atoms with Crippen LogP contribution in [0, 0.1) is 11.7 Å². The number of aromatic amines is 1. The van der Waals surface area contributed by atoms with Crippen LogP contribution < -0.4 is 16.0 Å². The predicted octanol–water partition coefficient (Wildman–Crippen LogP) is 3.39. The van der Waals surface area contributed by atoms with Crippen LogP contribution in [0.5, 0.6) is 5.75 Å². The molecule has 1 saturated carbocycles. The first-order valence-corrected chi connectivity index (χ1v) is 11.5. The summed E-state index contributed by atoms with van der Waals surface area (Å²) in [6.45, 7) is 2.88. The van der Waals surface area contributed by atoms with Crippen molar-refractivity contribution in [2.45, 2.75) is 57.7 Å². The molecule has 0 saturated heterocycles. The van der Waals surface area contributed by atoms with Gasteiger partial charge in [-0.15, -0.1) is 0 Å². The Morgan fingerprint density at radius 1 is 1.18 bits per heavy atom. The number of nitrogens with zero attached hydrogens (tertiary/aromatic N) is 2. The highest BCUT2D eigenvalue weighted by atomic mass is 19.1. The summed E-state index contributed by atoms with van der Waals surface area (Å²) in [6.07, 6.45) is 8.17. The fraction of sp³-hybridized carbons (Fsp3) is 0.440. The maximum Gasteiger partial charge on any atom is 0.328 e. The minimum Gasteiger partial charge on any atom is -0.490 e. The average Bonchev–Trinajstić information content (AvgIpc) is 3.52. The molecule has 0 bridgehead atoms. The molecule has 0 radical (unpaired) electrons. The molecule has 1 aliphatic carbocycles. The number of aryl methyl sites for hydroxylation is 2. The lowest BCUT2D eigenvalue weighted by Gasteiger charge is -2.32. The molecule has 1 aliphatic rings. The molecule has 0 amide bonds. The minimum atomic E-state index is -1.33. The molecule has 2 N–H and O–H groups in total. The van der Waals surface area contributed by atoms with Crippen LogP contribution in [-0.2, 0) is 18.7 Å². The Morgan fingerprint density at radius 2 is 2.00 bits per heavy atom. The summed E-state index contributed by atoms with van der Waals surface area (Å²) in [7, 11) is 0. The number of halogens is 1. The van der Waals surface area contributed by atoms with Crippen molar-refractivity contribution in [2.24, 2.45) is 5.92 Å². The molecular formula is C25H30FN3O4. The Hall–Kier alpha value is -3.13. The second-order valence-corrected chi connectivity index (χ2v) is 8.70. The Morgan fingerprint density at radius 3 is 2.73 bits per heavy atom. The van der Waals surface area contributed by atoms with Crippen LogP contribution in [0.4, 0.5) is 4.39 Å². The van der Waals surface area contributed by atoms with Crippen LogP contribution >= 0.6 is 0 Å². The van der Waals surface area contributed by atoms with E-state index >= 15 is 0 Å². The number of nitrogens with one attached hydrogen (secondary N) is 1. The first kappa shape index (κ1) is 23.0. The Bertz CT molecular complexity index is 1210. The maximum atomic E-state index is 14.3. The zero-order chi connectivity index (χ0) is 23.4. The SMILES string of the molecule is CC[C@](O)(c1ccc(F)c(OCC2CC2)c1)n1cccc1CCCCn1ccc(=O)[nH]c1=O. The minimum absolute atomic E-state index is 0.173. The zero-order valence-electron chi connectivity index (χ0n) is 18.8. The monoisotopic (exact) mass is 455 g/mol. The maximum absolute atomic E-state index is 14.3. The van der Waals surface area contributed by atoms with E-state index in [9.17, 15) is 19.1 Å². The highest BCUT2D eigenvalue weighted by Crippen LogP contribution is 2.34. The lowest BCUT2D eigenvalue weighted by atomic mass is 9.98. The van der Waals surface area contributed by atoms with E-state index in [2.05, 4.69) is 4.98 Å². The van der Waals surface area contributed by atoms with Gasteiger partial charge in [0.25, 0.3) is 5.56 Å². The molecule has 1 aromatic carbocycles. The van der Waals surface area contributed by atoms with Crippen LogP contribution in [0.2, 0.25) is 0 Å². The molecule has 2 aromatic heterocycles. The van der Waals surface area contributed by atoms with Crippen molar-refractivity contribution in [2.75, 3.05) is 6.61 Å². The molecule has 33 heavy (non-hydrogen) atoms. The molecule has 1 fully saturated rings. The summed E-state index contributed by atoms with van der Waals surface area (Å²) in [4.78, 5) is 25.3. The largest absolute Gasteiger partial charge is 0.490 e. The van der Waals surface area contributed by atoms with Crippen molar-refractivity contribution in [3.8, 4) is 5.75 Å². The van der Waals surface area contributed by atoms with E-state index in [0.717, 1.165) is 31.4 Å². The van der Waals surface area contributed by atoms with Gasteiger partial charge in [0, 0.05) is 36.3 Å². The molecule has 176 valence electrons. The van der Waals surface area contributed by atoms with Crippen LogP contribution in [0.25, 0.3) is 0 Å². The Balaban J connectivity index is 1.46. The summed E-state index contributed by atoms with van der Waals surface area (Å²) >= 11 is 0. The number of unbranched alkanes of at least 4 members (excludes halogenated alkanes) is 1. The molecule has 4 rings (SSSR count). The molecular weight excluding hydrogens is 425 g/mol. The number of aromatic nitrogens is 3. The fourth-order valence-electron chi connectivity index (χ4n) is 4.06. The second kappa shape index (κ2) is 9.79. The number of ether oxygens (including phenoxy) is 1. The van der Waals surface area contributed by atoms with Gasteiger partial charge in [-0.25, -0.2) is 9.18 Å². The van der Waals surface area contributed by atoms with Crippen molar-refractivity contribution >= 4 is 0 Å². The standard InChI is InChI=1S/C25H30FN3O4/c1-2-25(32,19-10-11-21(26)22(16-19)33-17-18-8-9-18)29-14-5-7-20(29)6-3-4-13-28-15-12-23(30)27-24(28)31/h5,7,10-12,14-16,18,32H,2-4,6,8-9,13,17H2,1H3,(H,27,30,31)/t25-/m0/s1. The number of benzene rings is 1. The highest BCUT2D eigenvalue weighted by Gasteiger charge is 2.32. The number of aliphatic hydroxyl groups is 1. The third-order valence-corrected chi connectivity index (χ3v) is 6.27. The van der Waals surface area contributed by atoms with Crippen molar-refractivity contribution in [3.63, 3.8) is 0 Å². The first-order chi connectivity index (χ1) is 15.9. The van der Waals surface area contributed by atoms with Gasteiger partial charge < -0.3 is 19.0 Å². The predicted molar refractivity (Wildman–Crippen MR) is 123 cm³/mol. The van der Waals surface area contributed by atoms with Gasteiger partial charge in [0.05, 0.1) is 6.61 Å². The lowest BCUT2D eigenvalue weighted by molar-refractivity contribution is -0.00110. The van der Waals surface area contributed by atoms with Gasteiger partial charge >= 0.3 is 5.69 Å². The quantitative estimate of drug-likeness (QED) is 0.434. The smallest absolute Gasteiger partial charge is 0.328 e. The van der Waals surface area contributed by atoms with Crippen LogP contribution in [0.1, 0.15) is 50.3 Å². The molecule has 8 heteroatoms. The van der Waals surface area contributed by atoms with Gasteiger partial charge in [-0.3, -0.25) is 9.78 Å². The molecule has 0 unspecified atom stereocenters. The third-order valence-electron chi connectivity index (χ3n) is 6.27. The van der Waals surface area contributed by atoms with Crippen molar-refractivity contribution in [3.05, 3.63) is 86.7 Å². The highest BCUT2D eigenvalue weighted by molar-refractivity contribution is 5.35. The van der Waals surface area contributed by atoms with Gasteiger partial charge in [-0.05, 0) is 68.7 Å². The summed E-state index contributed by atoms with van der Waals surface area (Å²) in [5.74, 6) is 0.246. The van der Waals surface area contributed by atoms with Crippen LogP contribution in [0.15, 0.2) is 58.4 Å². The van der Waals surface area contributed by atoms with Crippen LogP contribution in [0.3, 0.4) is 0 Å². The van der Waals surface area contributed by atoms with Gasteiger partial charge in [-0.1, -0.05) is 13.0 Å². The number of hydrogen-bond acceptors (Lipinski definition) is 4. The van der Waals surface area contributed by atoms with Gasteiger partial charge in [0.15, 0.2) is 17.3 Å². The number of hydrogen-bond donors (Lipinski definition) is 2. The molecule has 1 atom stereocenters. The lowest BCUT2D eigenvalue weighted by Crippen LogP contribution is -2.35. The normalized spacial score (nSPS) is 15.4. The van der Waals surface area contributed by atoms with Gasteiger partial charge in [0.2, 0.25) is 0 Å². The fourth-order valence-corrected chi connectivity index (χ4v) is 4.06. The molecule has 0 spiro atoms. The summed E-state index contributed by atoms with van der Waals surface area (Å²) in [5.41, 5.74) is -0.635. The zero-order valence-corrected chi connectivity index (χ0v) is 18.8. The van der Waals surface area contributed by atoms with Crippen LogP contribution in [-0.4, -0.2) is 25.8 Å². The first-order valence-electron chi connectivity index (χ1n) is 11.5. The summed E-state index contributed by atoms with van der Waals surface area (Å²) < 4.78 is 23.3. The van der Waals surface area contributed by atoms with Crippen molar-refractivity contribution in [1.82, 2.24) is 14.1 Å². The van der Waals surface area contributed by atoms with E-state index < -0.39 is 22.8 Å². The van der Waals surface area contributed by atoms with E-state index in [0.29, 0.717) is 37.5 Å².